The fourth-order valence-corrected chi connectivity index (χ4v) is 2.01. The number of rotatable bonds is 1. The van der Waals surface area contributed by atoms with Gasteiger partial charge in [0.15, 0.2) is 0 Å². The predicted octanol–water partition coefficient (Wildman–Crippen LogP) is 2.75. The first-order valence-electron chi connectivity index (χ1n) is 3.70. The van der Waals surface area contributed by atoms with Crippen LogP contribution in [0.15, 0.2) is 12.4 Å². The lowest BCUT2D eigenvalue weighted by molar-refractivity contribution is 0.890. The second-order valence-electron chi connectivity index (χ2n) is 2.92. The quantitative estimate of drug-likeness (QED) is 0.693. The number of imidazole rings is 1. The maximum atomic E-state index is 4.18. The van der Waals surface area contributed by atoms with Gasteiger partial charge in [-0.05, 0) is 12.0 Å². The largest absolute Gasteiger partial charge is 0.344 e. The zero-order valence-corrected chi connectivity index (χ0v) is 7.40. The molecule has 0 bridgehead atoms. The van der Waals surface area contributed by atoms with E-state index in [1.807, 2.05) is 0 Å². The topological polar surface area (TPSA) is 28.7 Å². The van der Waals surface area contributed by atoms with Crippen molar-refractivity contribution in [3.63, 3.8) is 0 Å². The summed E-state index contributed by atoms with van der Waals surface area (Å²) in [5.41, 5.74) is 1.17. The SMILES string of the molecule is CC(C)c1cc2[nH]cnc2s1. The second kappa shape index (κ2) is 2.34. The summed E-state index contributed by atoms with van der Waals surface area (Å²) in [5.74, 6) is 0.614. The molecule has 2 nitrogen and oxygen atoms in total. The van der Waals surface area contributed by atoms with E-state index in [1.165, 1.54) is 10.4 Å². The maximum Gasteiger partial charge on any atom is 0.141 e. The second-order valence-corrected chi connectivity index (χ2v) is 3.99. The molecule has 11 heavy (non-hydrogen) atoms. The van der Waals surface area contributed by atoms with Gasteiger partial charge in [-0.2, -0.15) is 0 Å². The van der Waals surface area contributed by atoms with E-state index >= 15 is 0 Å². The van der Waals surface area contributed by atoms with Crippen LogP contribution in [0, 0.1) is 0 Å². The smallest absolute Gasteiger partial charge is 0.141 e. The highest BCUT2D eigenvalue weighted by Gasteiger charge is 2.05. The molecule has 0 saturated heterocycles. The molecule has 2 aromatic heterocycles. The van der Waals surface area contributed by atoms with Crippen LogP contribution in [-0.2, 0) is 0 Å². The van der Waals surface area contributed by atoms with Crippen molar-refractivity contribution in [3.8, 4) is 0 Å². The van der Waals surface area contributed by atoms with E-state index in [0.717, 1.165) is 4.83 Å². The zero-order valence-electron chi connectivity index (χ0n) is 6.59. The fourth-order valence-electron chi connectivity index (χ4n) is 1.04. The Morgan fingerprint density at radius 2 is 2.36 bits per heavy atom. The van der Waals surface area contributed by atoms with Gasteiger partial charge in [0, 0.05) is 4.88 Å². The fraction of sp³-hybridized carbons (Fsp3) is 0.375. The van der Waals surface area contributed by atoms with Crippen LogP contribution in [0.3, 0.4) is 0 Å². The minimum atomic E-state index is 0.614. The molecular formula is C8H10N2S. The number of hydrogen-bond acceptors (Lipinski definition) is 2. The van der Waals surface area contributed by atoms with Crippen molar-refractivity contribution in [1.29, 1.82) is 0 Å². The average molecular weight is 166 g/mol. The molecule has 3 heteroatoms. The summed E-state index contributed by atoms with van der Waals surface area (Å²) >= 11 is 1.77. The van der Waals surface area contributed by atoms with Crippen LogP contribution in [-0.4, -0.2) is 9.97 Å². The van der Waals surface area contributed by atoms with Crippen LogP contribution in [0.25, 0.3) is 10.3 Å². The van der Waals surface area contributed by atoms with Gasteiger partial charge in [0.05, 0.1) is 11.8 Å². The molecule has 0 saturated carbocycles. The number of nitrogens with zero attached hydrogens (tertiary/aromatic N) is 1. The van der Waals surface area contributed by atoms with E-state index in [1.54, 1.807) is 17.7 Å². The third-order valence-electron chi connectivity index (χ3n) is 1.70. The summed E-state index contributed by atoms with van der Waals surface area (Å²) in [6.07, 6.45) is 1.74. The Morgan fingerprint density at radius 1 is 1.55 bits per heavy atom. The molecular weight excluding hydrogens is 156 g/mol. The molecule has 0 aromatic carbocycles. The van der Waals surface area contributed by atoms with Gasteiger partial charge in [-0.1, -0.05) is 13.8 Å². The Kier molecular flexibility index (Phi) is 1.46. The van der Waals surface area contributed by atoms with E-state index in [2.05, 4.69) is 29.9 Å². The van der Waals surface area contributed by atoms with E-state index in [0.29, 0.717) is 5.92 Å². The molecule has 2 rings (SSSR count). The third-order valence-corrected chi connectivity index (χ3v) is 3.05. The first-order valence-corrected chi connectivity index (χ1v) is 4.52. The van der Waals surface area contributed by atoms with Gasteiger partial charge in [0.1, 0.15) is 4.83 Å². The van der Waals surface area contributed by atoms with Crippen molar-refractivity contribution in [2.45, 2.75) is 19.8 Å². The Bertz CT molecular complexity index is 330. The zero-order chi connectivity index (χ0) is 7.84. The molecule has 0 aliphatic rings. The van der Waals surface area contributed by atoms with Crippen LogP contribution < -0.4 is 0 Å². The van der Waals surface area contributed by atoms with E-state index in [-0.39, 0.29) is 0 Å². The molecule has 0 amide bonds. The maximum absolute atomic E-state index is 4.18. The average Bonchev–Trinajstić information content (AvgIpc) is 2.40. The first kappa shape index (κ1) is 6.85. The summed E-state index contributed by atoms with van der Waals surface area (Å²) in [6.45, 7) is 4.40. The minimum Gasteiger partial charge on any atom is -0.344 e. The molecule has 2 aromatic rings. The normalized spacial score (nSPS) is 11.5. The first-order chi connectivity index (χ1) is 5.27. The summed E-state index contributed by atoms with van der Waals surface area (Å²) in [5, 5.41) is 0. The highest BCUT2D eigenvalue weighted by atomic mass is 32.1. The van der Waals surface area contributed by atoms with Crippen molar-refractivity contribution in [2.24, 2.45) is 0 Å². The van der Waals surface area contributed by atoms with Crippen molar-refractivity contribution in [3.05, 3.63) is 17.3 Å². The molecule has 1 N–H and O–H groups in total. The summed E-state index contributed by atoms with van der Waals surface area (Å²) in [7, 11) is 0. The van der Waals surface area contributed by atoms with Crippen LogP contribution in [0.2, 0.25) is 0 Å². The monoisotopic (exact) mass is 166 g/mol. The molecule has 0 aliphatic carbocycles. The van der Waals surface area contributed by atoms with Gasteiger partial charge in [-0.3, -0.25) is 0 Å². The molecule has 0 atom stereocenters. The molecule has 0 unspecified atom stereocenters. The Labute approximate surface area is 69.3 Å². The highest BCUT2D eigenvalue weighted by Crippen LogP contribution is 2.27. The molecule has 58 valence electrons. The Hall–Kier alpha value is -0.830. The number of thiophene rings is 1. The molecule has 0 aliphatic heterocycles. The molecule has 0 spiro atoms. The van der Waals surface area contributed by atoms with E-state index < -0.39 is 0 Å². The van der Waals surface area contributed by atoms with Crippen molar-refractivity contribution in [1.82, 2.24) is 9.97 Å². The van der Waals surface area contributed by atoms with E-state index in [9.17, 15) is 0 Å². The minimum absolute atomic E-state index is 0.614. The Balaban J connectivity index is 2.58. The highest BCUT2D eigenvalue weighted by molar-refractivity contribution is 7.18. The number of aromatic amines is 1. The van der Waals surface area contributed by atoms with Crippen LogP contribution >= 0.6 is 11.3 Å². The number of fused-ring (bicyclic) bond motifs is 1. The summed E-state index contributed by atoms with van der Waals surface area (Å²) in [4.78, 5) is 9.80. The van der Waals surface area contributed by atoms with Crippen LogP contribution in [0.1, 0.15) is 24.6 Å². The van der Waals surface area contributed by atoms with Gasteiger partial charge in [0.2, 0.25) is 0 Å². The lowest BCUT2D eigenvalue weighted by atomic mass is 10.2. The summed E-state index contributed by atoms with van der Waals surface area (Å²) in [6, 6.07) is 2.18. The van der Waals surface area contributed by atoms with E-state index in [4.69, 9.17) is 0 Å². The number of nitrogens with one attached hydrogen (secondary N) is 1. The van der Waals surface area contributed by atoms with Crippen molar-refractivity contribution >= 4 is 21.7 Å². The van der Waals surface area contributed by atoms with Crippen molar-refractivity contribution in [2.75, 3.05) is 0 Å². The number of hydrogen-bond donors (Lipinski definition) is 1. The lowest BCUT2D eigenvalue weighted by Crippen LogP contribution is -1.78. The predicted molar refractivity (Wildman–Crippen MR) is 48.1 cm³/mol. The number of H-pyrrole nitrogens is 1. The third kappa shape index (κ3) is 1.05. The van der Waals surface area contributed by atoms with Gasteiger partial charge in [0.25, 0.3) is 0 Å². The van der Waals surface area contributed by atoms with Gasteiger partial charge >= 0.3 is 0 Å². The number of aromatic nitrogens is 2. The van der Waals surface area contributed by atoms with Gasteiger partial charge in [-0.25, -0.2) is 4.98 Å². The van der Waals surface area contributed by atoms with Crippen LogP contribution in [0.5, 0.6) is 0 Å². The standard InChI is InChI=1S/C8H10N2S/c1-5(2)7-3-6-8(11-7)10-4-9-6/h3-5H,1-2H3,(H,9,10). The van der Waals surface area contributed by atoms with Gasteiger partial charge in [-0.15, -0.1) is 11.3 Å². The molecule has 2 heterocycles. The van der Waals surface area contributed by atoms with Crippen molar-refractivity contribution < 1.29 is 0 Å². The van der Waals surface area contributed by atoms with Gasteiger partial charge < -0.3 is 4.98 Å². The molecule has 0 radical (unpaired) electrons. The van der Waals surface area contributed by atoms with Crippen LogP contribution in [0.4, 0.5) is 0 Å². The summed E-state index contributed by atoms with van der Waals surface area (Å²) < 4.78 is 0. The Morgan fingerprint density at radius 3 is 3.00 bits per heavy atom. The lowest BCUT2D eigenvalue weighted by Gasteiger charge is -1.95. The molecule has 0 fully saturated rings.